The summed E-state index contributed by atoms with van der Waals surface area (Å²) >= 11 is 0. The average Bonchev–Trinajstić information content (AvgIpc) is 3.18. The first-order valence-corrected chi connectivity index (χ1v) is 8.40. The first kappa shape index (κ1) is 15.3. The number of H-pyrrole nitrogens is 1. The first-order chi connectivity index (χ1) is 10.7. The Bertz CT molecular complexity index is 612. The lowest BCUT2D eigenvalue weighted by atomic mass is 10.1. The normalized spacial score (nSPS) is 19.1. The van der Waals surface area contributed by atoms with Crippen molar-refractivity contribution >= 4 is 0 Å². The van der Waals surface area contributed by atoms with E-state index in [1.54, 1.807) is 0 Å². The molecule has 1 fully saturated rings. The van der Waals surface area contributed by atoms with Crippen molar-refractivity contribution in [1.29, 1.82) is 0 Å². The van der Waals surface area contributed by atoms with Crippen molar-refractivity contribution in [2.24, 2.45) is 7.05 Å². The molecule has 0 amide bonds. The number of aryl methyl sites for hydroxylation is 3. The smallest absolute Gasteiger partial charge is 0.113 e. The van der Waals surface area contributed by atoms with Gasteiger partial charge in [-0.25, -0.2) is 9.97 Å². The highest BCUT2D eigenvalue weighted by atomic mass is 15.2. The van der Waals surface area contributed by atoms with Gasteiger partial charge in [0, 0.05) is 50.6 Å². The number of hydrogen-bond acceptors (Lipinski definition) is 3. The van der Waals surface area contributed by atoms with Crippen LogP contribution in [0.2, 0.25) is 0 Å². The molecule has 5 nitrogen and oxygen atoms in total. The van der Waals surface area contributed by atoms with Crippen molar-refractivity contribution in [1.82, 2.24) is 24.4 Å². The van der Waals surface area contributed by atoms with Crippen LogP contribution in [-0.4, -0.2) is 37.5 Å². The standard InChI is InChI=1S/C17H27N5/c1-4-5-6-16-18-9-15(20-16)12-22-8-7-14(11-22)17-19-13(2)10-21(17)3/h9-10,14H,4-8,11-12H2,1-3H3,(H,18,20)/t14-/m0/s1. The molecule has 0 saturated carbocycles. The van der Waals surface area contributed by atoms with E-state index in [0.717, 1.165) is 37.6 Å². The van der Waals surface area contributed by atoms with Crippen LogP contribution < -0.4 is 0 Å². The molecule has 3 heterocycles. The molecule has 1 saturated heterocycles. The Morgan fingerprint density at radius 3 is 3.00 bits per heavy atom. The van der Waals surface area contributed by atoms with Gasteiger partial charge in [0.1, 0.15) is 11.6 Å². The second-order valence-electron chi connectivity index (χ2n) is 6.53. The fraction of sp³-hybridized carbons (Fsp3) is 0.647. The zero-order valence-electron chi connectivity index (χ0n) is 14.0. The molecule has 5 heteroatoms. The highest BCUT2D eigenvalue weighted by Crippen LogP contribution is 2.27. The number of rotatable bonds is 6. The molecule has 0 unspecified atom stereocenters. The van der Waals surface area contributed by atoms with Crippen LogP contribution >= 0.6 is 0 Å². The van der Waals surface area contributed by atoms with Crippen molar-refractivity contribution in [3.8, 4) is 0 Å². The number of aromatic amines is 1. The van der Waals surface area contributed by atoms with E-state index in [4.69, 9.17) is 0 Å². The van der Waals surface area contributed by atoms with E-state index in [9.17, 15) is 0 Å². The molecule has 120 valence electrons. The molecule has 0 bridgehead atoms. The Morgan fingerprint density at radius 2 is 2.27 bits per heavy atom. The van der Waals surface area contributed by atoms with Gasteiger partial charge in [-0.15, -0.1) is 0 Å². The highest BCUT2D eigenvalue weighted by molar-refractivity contribution is 5.10. The maximum Gasteiger partial charge on any atom is 0.113 e. The van der Waals surface area contributed by atoms with Crippen LogP contribution in [-0.2, 0) is 20.0 Å². The minimum absolute atomic E-state index is 0.557. The largest absolute Gasteiger partial charge is 0.345 e. The number of hydrogen-bond donors (Lipinski definition) is 1. The van der Waals surface area contributed by atoms with Gasteiger partial charge in [-0.2, -0.15) is 0 Å². The zero-order valence-corrected chi connectivity index (χ0v) is 14.0. The summed E-state index contributed by atoms with van der Waals surface area (Å²) in [6, 6.07) is 0. The molecular formula is C17H27N5. The number of likely N-dealkylation sites (tertiary alicyclic amines) is 1. The second-order valence-corrected chi connectivity index (χ2v) is 6.53. The van der Waals surface area contributed by atoms with Crippen LogP contribution in [0.4, 0.5) is 0 Å². The quantitative estimate of drug-likeness (QED) is 0.892. The Balaban J connectivity index is 1.56. The summed E-state index contributed by atoms with van der Waals surface area (Å²) in [6.07, 6.45) is 8.80. The summed E-state index contributed by atoms with van der Waals surface area (Å²) in [6.45, 7) is 7.48. The topological polar surface area (TPSA) is 49.7 Å². The third-order valence-corrected chi connectivity index (χ3v) is 4.51. The highest BCUT2D eigenvalue weighted by Gasteiger charge is 2.27. The molecule has 2 aromatic rings. The predicted octanol–water partition coefficient (Wildman–Crippen LogP) is 2.78. The van der Waals surface area contributed by atoms with Crippen LogP contribution in [0.1, 0.15) is 55.1 Å². The second kappa shape index (κ2) is 6.65. The van der Waals surface area contributed by atoms with Crippen LogP contribution in [0.15, 0.2) is 12.4 Å². The molecule has 1 atom stereocenters. The summed E-state index contributed by atoms with van der Waals surface area (Å²) < 4.78 is 2.18. The van der Waals surface area contributed by atoms with Crippen molar-refractivity contribution in [2.45, 2.75) is 52.0 Å². The van der Waals surface area contributed by atoms with E-state index in [1.165, 1.54) is 30.8 Å². The number of aromatic nitrogens is 4. The lowest BCUT2D eigenvalue weighted by Gasteiger charge is -2.14. The average molecular weight is 301 g/mol. The third-order valence-electron chi connectivity index (χ3n) is 4.51. The van der Waals surface area contributed by atoms with Gasteiger partial charge in [0.2, 0.25) is 0 Å². The number of nitrogens with zero attached hydrogens (tertiary/aromatic N) is 4. The fourth-order valence-corrected chi connectivity index (χ4v) is 3.40. The van der Waals surface area contributed by atoms with E-state index < -0.39 is 0 Å². The van der Waals surface area contributed by atoms with Crippen LogP contribution in [0.3, 0.4) is 0 Å². The van der Waals surface area contributed by atoms with Crippen molar-refractivity contribution in [2.75, 3.05) is 13.1 Å². The Labute approximate surface area is 132 Å². The summed E-state index contributed by atoms with van der Waals surface area (Å²) in [5, 5.41) is 0. The van der Waals surface area contributed by atoms with Crippen molar-refractivity contribution in [3.63, 3.8) is 0 Å². The SMILES string of the molecule is CCCCc1ncc(CN2CC[C@H](c3nc(C)cn3C)C2)[nH]1. The predicted molar refractivity (Wildman–Crippen MR) is 87.8 cm³/mol. The first-order valence-electron chi connectivity index (χ1n) is 8.40. The zero-order chi connectivity index (χ0) is 15.5. The van der Waals surface area contributed by atoms with Gasteiger partial charge in [-0.05, 0) is 26.3 Å². The molecule has 0 aliphatic carbocycles. The maximum absolute atomic E-state index is 4.69. The molecule has 3 rings (SSSR count). The van der Waals surface area contributed by atoms with Crippen LogP contribution in [0, 0.1) is 6.92 Å². The third kappa shape index (κ3) is 3.40. The van der Waals surface area contributed by atoms with E-state index in [1.807, 2.05) is 6.20 Å². The summed E-state index contributed by atoms with van der Waals surface area (Å²) in [4.78, 5) is 15.2. The monoisotopic (exact) mass is 301 g/mol. The van der Waals surface area contributed by atoms with Gasteiger partial charge < -0.3 is 9.55 Å². The minimum Gasteiger partial charge on any atom is -0.345 e. The van der Waals surface area contributed by atoms with Gasteiger partial charge in [-0.3, -0.25) is 4.90 Å². The number of nitrogens with one attached hydrogen (secondary N) is 1. The molecule has 1 aliphatic heterocycles. The summed E-state index contributed by atoms with van der Waals surface area (Å²) in [5.74, 6) is 2.92. The number of unbranched alkanes of at least 4 members (excludes halogenated alkanes) is 1. The molecule has 1 N–H and O–H groups in total. The van der Waals surface area contributed by atoms with Gasteiger partial charge in [0.25, 0.3) is 0 Å². The number of imidazole rings is 2. The molecule has 0 aromatic carbocycles. The summed E-state index contributed by atoms with van der Waals surface area (Å²) in [5.41, 5.74) is 2.35. The van der Waals surface area contributed by atoms with Crippen molar-refractivity contribution in [3.05, 3.63) is 35.4 Å². The van der Waals surface area contributed by atoms with E-state index >= 15 is 0 Å². The Kier molecular flexibility index (Phi) is 4.62. The van der Waals surface area contributed by atoms with Crippen LogP contribution in [0.5, 0.6) is 0 Å². The molecule has 2 aromatic heterocycles. The molecule has 1 aliphatic rings. The fourth-order valence-electron chi connectivity index (χ4n) is 3.40. The van der Waals surface area contributed by atoms with Crippen molar-refractivity contribution < 1.29 is 0 Å². The van der Waals surface area contributed by atoms with E-state index in [0.29, 0.717) is 5.92 Å². The van der Waals surface area contributed by atoms with Gasteiger partial charge in [0.15, 0.2) is 0 Å². The van der Waals surface area contributed by atoms with Gasteiger partial charge >= 0.3 is 0 Å². The van der Waals surface area contributed by atoms with Crippen LogP contribution in [0.25, 0.3) is 0 Å². The molecule has 0 spiro atoms. The van der Waals surface area contributed by atoms with E-state index in [-0.39, 0.29) is 0 Å². The lowest BCUT2D eigenvalue weighted by Crippen LogP contribution is -2.20. The lowest BCUT2D eigenvalue weighted by molar-refractivity contribution is 0.321. The minimum atomic E-state index is 0.557. The summed E-state index contributed by atoms with van der Waals surface area (Å²) in [7, 11) is 2.10. The van der Waals surface area contributed by atoms with Gasteiger partial charge in [0.05, 0.1) is 5.69 Å². The Morgan fingerprint density at radius 1 is 1.41 bits per heavy atom. The molecule has 0 radical (unpaired) electrons. The maximum atomic E-state index is 4.69. The molecule has 22 heavy (non-hydrogen) atoms. The molecular weight excluding hydrogens is 274 g/mol. The van der Waals surface area contributed by atoms with Gasteiger partial charge in [-0.1, -0.05) is 13.3 Å². The van der Waals surface area contributed by atoms with E-state index in [2.05, 4.69) is 51.5 Å². The Hall–Kier alpha value is -1.62.